The number of anilines is 1. The first kappa shape index (κ1) is 15.8. The highest BCUT2D eigenvalue weighted by molar-refractivity contribution is 5.93. The first-order valence-corrected chi connectivity index (χ1v) is 6.36. The number of nitrogens with one attached hydrogen (secondary N) is 1. The summed E-state index contributed by atoms with van der Waals surface area (Å²) in [5, 5.41) is 11.6. The fourth-order valence-corrected chi connectivity index (χ4v) is 1.44. The van der Waals surface area contributed by atoms with Crippen LogP contribution in [0.25, 0.3) is 0 Å². The van der Waals surface area contributed by atoms with Gasteiger partial charge in [0.1, 0.15) is 5.75 Å². The van der Waals surface area contributed by atoms with Crippen LogP contribution in [0.5, 0.6) is 5.75 Å². The molecule has 0 spiro atoms. The van der Waals surface area contributed by atoms with Gasteiger partial charge in [-0.05, 0) is 25.0 Å². The summed E-state index contributed by atoms with van der Waals surface area (Å²) in [6.45, 7) is 5.80. The Kier molecular flexibility index (Phi) is 5.37. The van der Waals surface area contributed by atoms with Crippen molar-refractivity contribution in [1.82, 2.24) is 5.32 Å². The summed E-state index contributed by atoms with van der Waals surface area (Å²) >= 11 is 0. The van der Waals surface area contributed by atoms with Gasteiger partial charge in [0.15, 0.2) is 6.61 Å². The maximum atomic E-state index is 11.6. The lowest BCUT2D eigenvalue weighted by molar-refractivity contribution is -0.124. The normalized spacial score (nSPS) is 12.0. The van der Waals surface area contributed by atoms with Crippen molar-refractivity contribution in [3.05, 3.63) is 23.8 Å². The van der Waals surface area contributed by atoms with Crippen LogP contribution >= 0.6 is 0 Å². The Balaban J connectivity index is 2.56. The van der Waals surface area contributed by atoms with Gasteiger partial charge in [0, 0.05) is 17.8 Å². The molecular weight excluding hydrogens is 260 g/mol. The van der Waals surface area contributed by atoms with Crippen LogP contribution in [-0.2, 0) is 4.79 Å². The SMILES string of the molecule is CC(C)C(C)NC(=O)COc1ccc(C(=O)O)c(N)c1. The highest BCUT2D eigenvalue weighted by Gasteiger charge is 2.12. The van der Waals surface area contributed by atoms with Crippen LogP contribution in [0, 0.1) is 5.92 Å². The number of carboxylic acids is 1. The predicted molar refractivity (Wildman–Crippen MR) is 75.8 cm³/mol. The number of rotatable bonds is 6. The molecule has 0 fully saturated rings. The number of aromatic carboxylic acids is 1. The van der Waals surface area contributed by atoms with Crippen molar-refractivity contribution in [1.29, 1.82) is 0 Å². The van der Waals surface area contributed by atoms with Gasteiger partial charge in [0.25, 0.3) is 5.91 Å². The predicted octanol–water partition coefficient (Wildman–Crippen LogP) is 1.51. The zero-order valence-corrected chi connectivity index (χ0v) is 11.8. The first-order chi connectivity index (χ1) is 9.31. The molecule has 0 aromatic heterocycles. The molecule has 0 bridgehead atoms. The molecule has 1 rings (SSSR count). The highest BCUT2D eigenvalue weighted by atomic mass is 16.5. The molecule has 0 aliphatic heterocycles. The number of amides is 1. The Morgan fingerprint density at radius 1 is 1.35 bits per heavy atom. The van der Waals surface area contributed by atoms with Crippen LogP contribution in [0.15, 0.2) is 18.2 Å². The number of hydrogen-bond donors (Lipinski definition) is 3. The van der Waals surface area contributed by atoms with Gasteiger partial charge in [-0.2, -0.15) is 0 Å². The van der Waals surface area contributed by atoms with E-state index in [1.165, 1.54) is 18.2 Å². The van der Waals surface area contributed by atoms with Crippen molar-refractivity contribution in [2.45, 2.75) is 26.8 Å². The summed E-state index contributed by atoms with van der Waals surface area (Å²) in [6, 6.07) is 4.27. The van der Waals surface area contributed by atoms with Gasteiger partial charge in [-0.25, -0.2) is 4.79 Å². The van der Waals surface area contributed by atoms with E-state index in [2.05, 4.69) is 5.32 Å². The van der Waals surface area contributed by atoms with Crippen molar-refractivity contribution in [3.8, 4) is 5.75 Å². The second kappa shape index (κ2) is 6.79. The minimum absolute atomic E-state index is 0.00947. The van der Waals surface area contributed by atoms with Gasteiger partial charge in [0.05, 0.1) is 5.56 Å². The van der Waals surface area contributed by atoms with E-state index in [1.807, 2.05) is 20.8 Å². The largest absolute Gasteiger partial charge is 0.484 e. The van der Waals surface area contributed by atoms with Crippen LogP contribution in [0.4, 0.5) is 5.69 Å². The van der Waals surface area contributed by atoms with Crippen molar-refractivity contribution in [3.63, 3.8) is 0 Å². The van der Waals surface area contributed by atoms with Crippen LogP contribution in [0.2, 0.25) is 0 Å². The Labute approximate surface area is 117 Å². The van der Waals surface area contributed by atoms with Crippen LogP contribution < -0.4 is 15.8 Å². The zero-order chi connectivity index (χ0) is 15.3. The number of carbonyl (C=O) groups is 2. The molecule has 1 atom stereocenters. The van der Waals surface area contributed by atoms with Gasteiger partial charge in [-0.1, -0.05) is 13.8 Å². The smallest absolute Gasteiger partial charge is 0.337 e. The molecule has 0 aliphatic carbocycles. The summed E-state index contributed by atoms with van der Waals surface area (Å²) in [5.74, 6) is -0.631. The van der Waals surface area contributed by atoms with Crippen LogP contribution in [0.1, 0.15) is 31.1 Å². The molecule has 0 heterocycles. The average Bonchev–Trinajstić information content (AvgIpc) is 2.35. The molecule has 6 heteroatoms. The third-order valence-corrected chi connectivity index (χ3v) is 3.01. The molecule has 0 saturated carbocycles. The molecular formula is C14H20N2O4. The van der Waals surface area contributed by atoms with Crippen LogP contribution in [0.3, 0.4) is 0 Å². The summed E-state index contributed by atoms with van der Waals surface area (Å²) < 4.78 is 5.28. The monoisotopic (exact) mass is 280 g/mol. The van der Waals surface area contributed by atoms with Gasteiger partial charge < -0.3 is 20.9 Å². The molecule has 1 unspecified atom stereocenters. The minimum atomic E-state index is -1.10. The Hall–Kier alpha value is -2.24. The maximum absolute atomic E-state index is 11.6. The number of hydrogen-bond acceptors (Lipinski definition) is 4. The van der Waals surface area contributed by atoms with E-state index in [9.17, 15) is 9.59 Å². The zero-order valence-electron chi connectivity index (χ0n) is 11.8. The van der Waals surface area contributed by atoms with E-state index >= 15 is 0 Å². The van der Waals surface area contributed by atoms with E-state index in [1.54, 1.807) is 0 Å². The fourth-order valence-electron chi connectivity index (χ4n) is 1.44. The van der Waals surface area contributed by atoms with E-state index in [4.69, 9.17) is 15.6 Å². The lowest BCUT2D eigenvalue weighted by Crippen LogP contribution is -2.38. The Bertz CT molecular complexity index is 500. The summed E-state index contributed by atoms with van der Waals surface area (Å²) in [4.78, 5) is 22.4. The van der Waals surface area contributed by atoms with Gasteiger partial charge in [-0.3, -0.25) is 4.79 Å². The molecule has 110 valence electrons. The summed E-state index contributed by atoms with van der Waals surface area (Å²) in [7, 11) is 0. The molecule has 20 heavy (non-hydrogen) atoms. The molecule has 0 aliphatic rings. The third-order valence-electron chi connectivity index (χ3n) is 3.01. The number of benzene rings is 1. The van der Waals surface area contributed by atoms with Crippen LogP contribution in [-0.4, -0.2) is 29.6 Å². The van der Waals surface area contributed by atoms with E-state index in [-0.39, 0.29) is 29.8 Å². The topological polar surface area (TPSA) is 102 Å². The van der Waals surface area contributed by atoms with Gasteiger partial charge >= 0.3 is 5.97 Å². The average molecular weight is 280 g/mol. The molecule has 0 radical (unpaired) electrons. The molecule has 1 aromatic rings. The molecule has 1 amide bonds. The quantitative estimate of drug-likeness (QED) is 0.685. The summed E-state index contributed by atoms with van der Waals surface area (Å²) in [6.07, 6.45) is 0. The molecule has 6 nitrogen and oxygen atoms in total. The Morgan fingerprint density at radius 3 is 2.50 bits per heavy atom. The Morgan fingerprint density at radius 2 is 2.00 bits per heavy atom. The lowest BCUT2D eigenvalue weighted by Gasteiger charge is -2.17. The van der Waals surface area contributed by atoms with Crippen molar-refractivity contribution in [2.75, 3.05) is 12.3 Å². The number of carbonyl (C=O) groups excluding carboxylic acids is 1. The van der Waals surface area contributed by atoms with E-state index in [0.29, 0.717) is 11.7 Å². The highest BCUT2D eigenvalue weighted by Crippen LogP contribution is 2.19. The van der Waals surface area contributed by atoms with Gasteiger partial charge in [0.2, 0.25) is 0 Å². The fraction of sp³-hybridized carbons (Fsp3) is 0.429. The second-order valence-corrected chi connectivity index (χ2v) is 4.94. The maximum Gasteiger partial charge on any atom is 0.337 e. The lowest BCUT2D eigenvalue weighted by atomic mass is 10.1. The summed E-state index contributed by atoms with van der Waals surface area (Å²) in [5.41, 5.74) is 5.70. The number of carboxylic acid groups (broad SMARTS) is 1. The molecule has 0 saturated heterocycles. The van der Waals surface area contributed by atoms with E-state index < -0.39 is 5.97 Å². The molecule has 1 aromatic carbocycles. The van der Waals surface area contributed by atoms with Crippen molar-refractivity contribution in [2.24, 2.45) is 5.92 Å². The van der Waals surface area contributed by atoms with E-state index in [0.717, 1.165) is 0 Å². The standard InChI is InChI=1S/C14H20N2O4/c1-8(2)9(3)16-13(17)7-20-10-4-5-11(14(18)19)12(15)6-10/h4-6,8-9H,7,15H2,1-3H3,(H,16,17)(H,18,19). The second-order valence-electron chi connectivity index (χ2n) is 4.94. The minimum Gasteiger partial charge on any atom is -0.484 e. The third kappa shape index (κ3) is 4.46. The van der Waals surface area contributed by atoms with Gasteiger partial charge in [-0.15, -0.1) is 0 Å². The number of nitrogen functional groups attached to an aromatic ring is 1. The molecule has 4 N–H and O–H groups in total. The van der Waals surface area contributed by atoms with Crippen molar-refractivity contribution >= 4 is 17.6 Å². The number of nitrogens with two attached hydrogens (primary N) is 1. The number of ether oxygens (including phenoxy) is 1. The first-order valence-electron chi connectivity index (χ1n) is 6.36. The van der Waals surface area contributed by atoms with Crippen molar-refractivity contribution < 1.29 is 19.4 Å².